The number of likely N-dealkylation sites (N-methyl/N-ethyl adjacent to an activating group) is 2. The number of allylic oxidation sites excluding steroid dienone is 4. The van der Waals surface area contributed by atoms with Crippen LogP contribution in [0.2, 0.25) is 0 Å². The summed E-state index contributed by atoms with van der Waals surface area (Å²) in [6.07, 6.45) is -0.268. The average Bonchev–Trinajstić information content (AvgIpc) is 0.706. The lowest BCUT2D eigenvalue weighted by atomic mass is 9.69. The number of piperazine rings is 2. The highest BCUT2D eigenvalue weighted by atomic mass is 16.7. The molecule has 8 aliphatic rings. The molecule has 99 heavy (non-hydrogen) atoms. The molecule has 2 aliphatic carbocycles. The number of carbonyl (C=O) groups excluding carboxylic acids is 8. The first kappa shape index (κ1) is 74.3. The second-order valence-corrected chi connectivity index (χ2v) is 28.2. The number of ether oxygens (including phenoxy) is 9. The van der Waals surface area contributed by atoms with E-state index in [0.717, 1.165) is 33.4 Å². The van der Waals surface area contributed by atoms with Crippen molar-refractivity contribution in [2.24, 2.45) is 0 Å². The average molecular weight is 1370 g/mol. The standard InChI is InChI=1S/C36H47N5O9.C35H45N5O9/c1-17-11-20-12-22-24(14-37)41-23(28(40(22)7)26(20)33(31(17)47-9)49-16-46-8)13-21-27(30(43)32(48-10)18(2)29(21)42)25(41)15-38-34(44)19(3)39-35(45)50-36(4,5)6;1-16-10-19-11-21-23(13-36)40-22(27(39(21)7)25(19)32(31(16)47-9)48-15-46-8)12-20-26(30(43)29(42)17(2)28(20)41)24(40)14-37-33(44)18(3)38-34(45)49-35(4,5)6/h11,19,22-25,28H,12-13,15-16H2,1-10H3,(H,38,44)(H,39,45);10,18,21-24,27,41H,11-12,14-15H2,1-9H3,(H,37,44)(H,38,45)/t19-,22-,23?,24-,25-,28-;18-,21-,22?,23-,24-,27-/m00/s1. The van der Waals surface area contributed by atoms with Gasteiger partial charge in [0.05, 0.1) is 57.6 Å². The number of methoxy groups -OCH3 is 5. The van der Waals surface area contributed by atoms with Crippen LogP contribution >= 0.6 is 0 Å². The fourth-order valence-electron chi connectivity index (χ4n) is 15.7. The van der Waals surface area contributed by atoms with Gasteiger partial charge < -0.3 is 69.0 Å². The topological polar surface area (TPSA) is 349 Å². The van der Waals surface area contributed by atoms with E-state index in [2.05, 4.69) is 49.3 Å². The molecule has 0 radical (unpaired) electrons. The lowest BCUT2D eigenvalue weighted by molar-refractivity contribution is -0.134. The van der Waals surface area contributed by atoms with E-state index in [1.54, 1.807) is 62.7 Å². The molecule has 0 saturated carbocycles. The van der Waals surface area contributed by atoms with Gasteiger partial charge in [0, 0.05) is 96.0 Å². The zero-order valence-electron chi connectivity index (χ0n) is 59.8. The van der Waals surface area contributed by atoms with E-state index in [4.69, 9.17) is 42.6 Å². The van der Waals surface area contributed by atoms with E-state index in [9.17, 15) is 54.0 Å². The molecule has 6 aliphatic heterocycles. The second kappa shape index (κ2) is 29.1. The van der Waals surface area contributed by atoms with Gasteiger partial charge in [-0.1, -0.05) is 12.1 Å². The lowest BCUT2D eigenvalue weighted by Gasteiger charge is -2.60. The summed E-state index contributed by atoms with van der Waals surface area (Å²) in [5.74, 6) is -1.72. The van der Waals surface area contributed by atoms with Gasteiger partial charge >= 0.3 is 12.2 Å². The Balaban J connectivity index is 0.000000231. The number of Topliss-reactive ketones (excluding diaryl/α,β-unsaturated/α-hetero) is 4. The zero-order valence-corrected chi connectivity index (χ0v) is 59.8. The van der Waals surface area contributed by atoms with Crippen molar-refractivity contribution in [2.75, 3.05) is 76.3 Å². The Morgan fingerprint density at radius 3 is 1.34 bits per heavy atom. The van der Waals surface area contributed by atoms with Gasteiger partial charge in [0.1, 0.15) is 41.1 Å². The second-order valence-electron chi connectivity index (χ2n) is 28.2. The number of nitriles is 2. The number of aliphatic hydroxyl groups is 1. The molecule has 534 valence electrons. The van der Waals surface area contributed by atoms with E-state index < -0.39 is 113 Å². The highest BCUT2D eigenvalue weighted by Crippen LogP contribution is 2.57. The molecule has 4 bridgehead atoms. The van der Waals surface area contributed by atoms with Crippen molar-refractivity contribution in [2.45, 2.75) is 192 Å². The van der Waals surface area contributed by atoms with Gasteiger partial charge in [0.15, 0.2) is 48.1 Å². The van der Waals surface area contributed by atoms with Crippen molar-refractivity contribution in [1.29, 1.82) is 10.5 Å². The minimum Gasteiger partial charge on any atom is -0.507 e. The molecule has 2 fully saturated rings. The predicted molar refractivity (Wildman–Crippen MR) is 356 cm³/mol. The molecule has 28 heteroatoms. The van der Waals surface area contributed by atoms with E-state index in [1.807, 2.05) is 43.8 Å². The summed E-state index contributed by atoms with van der Waals surface area (Å²) in [5.41, 5.74) is 4.88. The Hall–Kier alpha value is -8.90. The Morgan fingerprint density at radius 2 is 0.970 bits per heavy atom. The number of hydrogen-bond donors (Lipinski definition) is 5. The first-order valence-electron chi connectivity index (χ1n) is 32.9. The molecular formula is C71H92N10O18. The zero-order chi connectivity index (χ0) is 72.9. The summed E-state index contributed by atoms with van der Waals surface area (Å²) in [4.78, 5) is 115. The number of rotatable bonds is 17. The minimum atomic E-state index is -1.01. The highest BCUT2D eigenvalue weighted by molar-refractivity contribution is 6.50. The Labute approximate surface area is 576 Å². The molecule has 5 N–H and O–H groups in total. The number of nitrogens with one attached hydrogen (secondary N) is 4. The number of ketones is 4. The largest absolute Gasteiger partial charge is 0.507 e. The van der Waals surface area contributed by atoms with Crippen LogP contribution in [0.1, 0.15) is 128 Å². The highest BCUT2D eigenvalue weighted by Gasteiger charge is 2.60. The SMILES string of the molecule is COCOc1c(OC)c(C)cc2c1[C@@H]1C3CC4=C(C(=O)C(=O)C(C)=C4O)[C@H](CNC(=O)[C@H](C)NC(=O)OC(C)(C)C)N3[C@@H](C#N)[C@H](C2)N1C.COCOc1c(OC)c(C)cc2c1[C@@H]1C3CC4=C(C(=O)C(OC)=C(C)C4=O)[C@H](CNC(=O)[C@H](C)NC(=O)OC(C)(C)C)N3[C@@H](C#N)[C@H](C2)N1C. The van der Waals surface area contributed by atoms with Crippen molar-refractivity contribution in [3.63, 3.8) is 0 Å². The number of aryl methyl sites for hydroxylation is 2. The first-order chi connectivity index (χ1) is 46.6. The van der Waals surface area contributed by atoms with Crippen molar-refractivity contribution < 1.29 is 86.1 Å². The molecule has 2 saturated heterocycles. The maximum atomic E-state index is 14.1. The Kier molecular flexibility index (Phi) is 21.9. The van der Waals surface area contributed by atoms with Crippen LogP contribution < -0.4 is 40.2 Å². The van der Waals surface area contributed by atoms with Crippen LogP contribution in [0.3, 0.4) is 0 Å². The molecule has 6 heterocycles. The van der Waals surface area contributed by atoms with Gasteiger partial charge in [0.25, 0.3) is 0 Å². The summed E-state index contributed by atoms with van der Waals surface area (Å²) >= 11 is 0. The normalized spacial score (nSPS) is 25.7. The van der Waals surface area contributed by atoms with E-state index in [0.29, 0.717) is 47.0 Å². The van der Waals surface area contributed by atoms with E-state index in [-0.39, 0.29) is 91.2 Å². The van der Waals surface area contributed by atoms with Crippen LogP contribution in [-0.2, 0) is 65.3 Å². The number of fused-ring (bicyclic) bond motifs is 12. The molecule has 12 atom stereocenters. The van der Waals surface area contributed by atoms with Crippen LogP contribution in [0.5, 0.6) is 23.0 Å². The van der Waals surface area contributed by atoms with Crippen LogP contribution in [0.4, 0.5) is 9.59 Å². The Morgan fingerprint density at radius 1 is 0.566 bits per heavy atom. The van der Waals surface area contributed by atoms with Crippen LogP contribution in [0.15, 0.2) is 57.1 Å². The summed E-state index contributed by atoms with van der Waals surface area (Å²) < 4.78 is 50.6. The molecule has 2 aromatic carbocycles. The minimum absolute atomic E-state index is 0.0302. The quantitative estimate of drug-likeness (QED) is 0.0590. The predicted octanol–water partition coefficient (Wildman–Crippen LogP) is 5.17. The molecule has 0 spiro atoms. The molecule has 2 unspecified atom stereocenters. The number of amides is 4. The number of carbonyl (C=O) groups is 8. The van der Waals surface area contributed by atoms with Crippen LogP contribution in [-0.4, -0.2) is 220 Å². The maximum absolute atomic E-state index is 14.1. The van der Waals surface area contributed by atoms with E-state index in [1.165, 1.54) is 42.1 Å². The fraction of sp³-hybridized carbons (Fsp3) is 0.577. The third-order valence-corrected chi connectivity index (χ3v) is 19.7. The van der Waals surface area contributed by atoms with Crippen molar-refractivity contribution in [1.82, 2.24) is 40.9 Å². The molecule has 0 aromatic heterocycles. The first-order valence-corrected chi connectivity index (χ1v) is 32.9. The van der Waals surface area contributed by atoms with Gasteiger partial charge in [-0.3, -0.25) is 48.4 Å². The van der Waals surface area contributed by atoms with Crippen molar-refractivity contribution >= 4 is 47.1 Å². The summed E-state index contributed by atoms with van der Waals surface area (Å²) in [6, 6.07) is 1.27. The molecule has 2 aromatic rings. The third kappa shape index (κ3) is 13.8. The van der Waals surface area contributed by atoms with Gasteiger partial charge in [0.2, 0.25) is 29.2 Å². The van der Waals surface area contributed by atoms with Gasteiger partial charge in [-0.15, -0.1) is 0 Å². The van der Waals surface area contributed by atoms with Crippen LogP contribution in [0.25, 0.3) is 0 Å². The number of alkyl carbamates (subject to hydrolysis) is 2. The summed E-state index contributed by atoms with van der Waals surface area (Å²) in [6.45, 7) is 19.7. The number of hydrogen-bond acceptors (Lipinski definition) is 24. The molecule has 4 amide bonds. The number of aliphatic hydroxyl groups excluding tert-OH is 1. The number of benzene rings is 2. The summed E-state index contributed by atoms with van der Waals surface area (Å²) in [7, 11) is 11.4. The lowest BCUT2D eigenvalue weighted by Crippen LogP contribution is -2.71. The van der Waals surface area contributed by atoms with Gasteiger partial charge in [-0.25, -0.2) is 9.59 Å². The molecule has 10 rings (SSSR count). The number of nitrogens with zero attached hydrogens (tertiary/aromatic N) is 6. The summed E-state index contributed by atoms with van der Waals surface area (Å²) in [5, 5.41) is 43.7. The van der Waals surface area contributed by atoms with Gasteiger partial charge in [-0.05, 0) is 145 Å². The van der Waals surface area contributed by atoms with Gasteiger partial charge in [-0.2, -0.15) is 10.5 Å². The molecule has 28 nitrogen and oxygen atoms in total. The smallest absolute Gasteiger partial charge is 0.408 e. The van der Waals surface area contributed by atoms with E-state index >= 15 is 0 Å². The third-order valence-electron chi connectivity index (χ3n) is 19.7. The van der Waals surface area contributed by atoms with Crippen molar-refractivity contribution in [3.05, 3.63) is 90.5 Å². The Bertz CT molecular complexity index is 3880. The van der Waals surface area contributed by atoms with Crippen molar-refractivity contribution in [3.8, 4) is 35.1 Å². The monoisotopic (exact) mass is 1370 g/mol. The fourth-order valence-corrected chi connectivity index (χ4v) is 15.7. The maximum Gasteiger partial charge on any atom is 0.408 e. The molecular weight excluding hydrogens is 1280 g/mol. The van der Waals surface area contributed by atoms with Crippen LogP contribution in [0, 0.1) is 36.5 Å².